The zero-order valence-corrected chi connectivity index (χ0v) is 13.4. The Morgan fingerprint density at radius 3 is 2.82 bits per heavy atom. The quantitative estimate of drug-likeness (QED) is 0.852. The zero-order valence-electron chi connectivity index (χ0n) is 12.6. The molecule has 2 aromatic rings. The Hall–Kier alpha value is -2.21. The molecule has 22 heavy (non-hydrogen) atoms. The number of carbonyl (C=O) groups excluding carboxylic acids is 2. The van der Waals surface area contributed by atoms with Crippen LogP contribution in [0.4, 0.5) is 10.8 Å². The second-order valence-corrected chi connectivity index (χ2v) is 5.95. The lowest BCUT2D eigenvalue weighted by molar-refractivity contribution is -0.119. The first-order valence-corrected chi connectivity index (χ1v) is 8.10. The van der Waals surface area contributed by atoms with E-state index in [4.69, 9.17) is 0 Å². The average molecular weight is 317 g/mol. The Bertz CT molecular complexity index is 641. The first-order valence-electron chi connectivity index (χ1n) is 7.22. The molecule has 1 aromatic heterocycles. The summed E-state index contributed by atoms with van der Waals surface area (Å²) in [5.41, 5.74) is 1.11. The molecule has 0 aliphatic heterocycles. The highest BCUT2D eigenvalue weighted by molar-refractivity contribution is 7.13. The Morgan fingerprint density at radius 2 is 2.14 bits per heavy atom. The lowest BCUT2D eigenvalue weighted by Gasteiger charge is -2.11. The fourth-order valence-electron chi connectivity index (χ4n) is 2.02. The number of benzene rings is 1. The minimum Gasteiger partial charge on any atom is -0.326 e. The minimum absolute atomic E-state index is 0.0284. The van der Waals surface area contributed by atoms with Crippen molar-refractivity contribution in [3.8, 4) is 0 Å². The highest BCUT2D eigenvalue weighted by Crippen LogP contribution is 2.16. The summed E-state index contributed by atoms with van der Waals surface area (Å²) in [5.74, 6) is -0.315. The van der Waals surface area contributed by atoms with Crippen molar-refractivity contribution in [3.63, 3.8) is 0 Å². The van der Waals surface area contributed by atoms with E-state index < -0.39 is 0 Å². The Balaban J connectivity index is 2.03. The predicted octanol–water partition coefficient (Wildman–Crippen LogP) is 3.77. The normalized spacial score (nSPS) is 11.7. The molecule has 0 bridgehead atoms. The van der Waals surface area contributed by atoms with Crippen molar-refractivity contribution >= 4 is 34.0 Å². The van der Waals surface area contributed by atoms with Gasteiger partial charge < -0.3 is 5.32 Å². The molecule has 6 heteroatoms. The summed E-state index contributed by atoms with van der Waals surface area (Å²) >= 11 is 1.36. The van der Waals surface area contributed by atoms with Gasteiger partial charge in [-0.25, -0.2) is 4.98 Å². The third kappa shape index (κ3) is 4.39. The van der Waals surface area contributed by atoms with Gasteiger partial charge in [-0.05, 0) is 24.6 Å². The molecule has 0 fully saturated rings. The number of anilines is 2. The fraction of sp³-hybridized carbons (Fsp3) is 0.312. The maximum absolute atomic E-state index is 12.1. The molecule has 2 rings (SSSR count). The van der Waals surface area contributed by atoms with Crippen LogP contribution in [-0.4, -0.2) is 16.8 Å². The summed E-state index contributed by atoms with van der Waals surface area (Å²) in [6.07, 6.45) is 3.44. The van der Waals surface area contributed by atoms with Gasteiger partial charge in [0, 0.05) is 28.7 Å². The number of carbonyl (C=O) groups is 2. The number of thiazole rings is 1. The highest BCUT2D eigenvalue weighted by Gasteiger charge is 2.13. The molecule has 5 nitrogen and oxygen atoms in total. The van der Waals surface area contributed by atoms with Crippen molar-refractivity contribution in [2.24, 2.45) is 5.92 Å². The van der Waals surface area contributed by atoms with Crippen LogP contribution in [0.25, 0.3) is 0 Å². The van der Waals surface area contributed by atoms with Crippen LogP contribution in [0.3, 0.4) is 0 Å². The van der Waals surface area contributed by atoms with Gasteiger partial charge in [-0.1, -0.05) is 26.3 Å². The van der Waals surface area contributed by atoms with Crippen LogP contribution in [-0.2, 0) is 4.79 Å². The summed E-state index contributed by atoms with van der Waals surface area (Å²) in [5, 5.41) is 7.91. The van der Waals surface area contributed by atoms with E-state index in [1.165, 1.54) is 11.3 Å². The van der Waals surface area contributed by atoms with Crippen molar-refractivity contribution in [2.75, 3.05) is 10.6 Å². The summed E-state index contributed by atoms with van der Waals surface area (Å²) in [4.78, 5) is 28.2. The fourth-order valence-corrected chi connectivity index (χ4v) is 2.55. The van der Waals surface area contributed by atoms with E-state index in [2.05, 4.69) is 15.6 Å². The van der Waals surface area contributed by atoms with Gasteiger partial charge in [-0.15, -0.1) is 11.3 Å². The van der Waals surface area contributed by atoms with Crippen molar-refractivity contribution < 1.29 is 9.59 Å². The first kappa shape index (κ1) is 16.2. The van der Waals surface area contributed by atoms with Crippen molar-refractivity contribution in [1.82, 2.24) is 4.98 Å². The molecular formula is C16H19N3O2S. The third-order valence-electron chi connectivity index (χ3n) is 3.21. The average Bonchev–Trinajstić information content (AvgIpc) is 3.00. The van der Waals surface area contributed by atoms with E-state index in [-0.39, 0.29) is 17.7 Å². The molecule has 0 aliphatic carbocycles. The van der Waals surface area contributed by atoms with Gasteiger partial charge in [0.15, 0.2) is 5.13 Å². The van der Waals surface area contributed by atoms with Crippen LogP contribution < -0.4 is 10.6 Å². The van der Waals surface area contributed by atoms with E-state index in [0.717, 1.165) is 12.8 Å². The van der Waals surface area contributed by atoms with E-state index >= 15 is 0 Å². The Kier molecular flexibility index (Phi) is 5.66. The van der Waals surface area contributed by atoms with Gasteiger partial charge in [-0.2, -0.15) is 0 Å². The monoisotopic (exact) mass is 317 g/mol. The molecule has 1 aromatic carbocycles. The van der Waals surface area contributed by atoms with Crippen molar-refractivity contribution in [1.29, 1.82) is 0 Å². The smallest absolute Gasteiger partial charge is 0.257 e. The highest BCUT2D eigenvalue weighted by atomic mass is 32.1. The van der Waals surface area contributed by atoms with Gasteiger partial charge >= 0.3 is 0 Å². The zero-order chi connectivity index (χ0) is 15.9. The van der Waals surface area contributed by atoms with Gasteiger partial charge in [0.25, 0.3) is 5.91 Å². The summed E-state index contributed by atoms with van der Waals surface area (Å²) in [6, 6.07) is 6.89. The molecule has 0 spiro atoms. The first-order chi connectivity index (χ1) is 10.6. The van der Waals surface area contributed by atoms with Gasteiger partial charge in [0.2, 0.25) is 5.91 Å². The minimum atomic E-state index is -0.243. The second kappa shape index (κ2) is 7.70. The summed E-state index contributed by atoms with van der Waals surface area (Å²) in [7, 11) is 0. The topological polar surface area (TPSA) is 71.1 Å². The number of amides is 2. The predicted molar refractivity (Wildman–Crippen MR) is 89.2 cm³/mol. The van der Waals surface area contributed by atoms with Crippen LogP contribution in [0, 0.1) is 5.92 Å². The lowest BCUT2D eigenvalue weighted by Crippen LogP contribution is -2.20. The molecule has 0 saturated carbocycles. The molecule has 0 saturated heterocycles. The third-order valence-corrected chi connectivity index (χ3v) is 3.90. The van der Waals surface area contributed by atoms with Crippen molar-refractivity contribution in [3.05, 3.63) is 41.4 Å². The van der Waals surface area contributed by atoms with E-state index in [0.29, 0.717) is 16.4 Å². The molecule has 0 radical (unpaired) electrons. The van der Waals surface area contributed by atoms with Gasteiger partial charge in [0.1, 0.15) is 0 Å². The lowest BCUT2D eigenvalue weighted by atomic mass is 10.1. The summed E-state index contributed by atoms with van der Waals surface area (Å²) < 4.78 is 0. The molecule has 0 aliphatic rings. The molecule has 116 valence electrons. The number of nitrogens with zero attached hydrogens (tertiary/aromatic N) is 1. The molecule has 2 amide bonds. The van der Waals surface area contributed by atoms with E-state index in [1.807, 2.05) is 13.8 Å². The Morgan fingerprint density at radius 1 is 1.32 bits per heavy atom. The van der Waals surface area contributed by atoms with E-state index in [9.17, 15) is 9.59 Å². The Labute approximate surface area is 133 Å². The van der Waals surface area contributed by atoms with Crippen LogP contribution in [0.5, 0.6) is 0 Å². The number of aromatic nitrogens is 1. The molecule has 1 atom stereocenters. The molecule has 2 N–H and O–H groups in total. The molecule has 1 unspecified atom stereocenters. The van der Waals surface area contributed by atoms with Gasteiger partial charge in [0.05, 0.1) is 0 Å². The van der Waals surface area contributed by atoms with Crippen LogP contribution in [0.15, 0.2) is 35.8 Å². The summed E-state index contributed by atoms with van der Waals surface area (Å²) in [6.45, 7) is 3.95. The molecular weight excluding hydrogens is 298 g/mol. The maximum atomic E-state index is 12.1. The number of nitrogens with one attached hydrogen (secondary N) is 2. The maximum Gasteiger partial charge on any atom is 0.257 e. The van der Waals surface area contributed by atoms with Gasteiger partial charge in [-0.3, -0.25) is 14.9 Å². The number of hydrogen-bond acceptors (Lipinski definition) is 4. The van der Waals surface area contributed by atoms with Crippen LogP contribution >= 0.6 is 11.3 Å². The van der Waals surface area contributed by atoms with Crippen LogP contribution in [0.2, 0.25) is 0 Å². The second-order valence-electron chi connectivity index (χ2n) is 5.05. The molecule has 1 heterocycles. The largest absolute Gasteiger partial charge is 0.326 e. The standard InChI is InChI=1S/C16H19N3O2S/c1-3-5-11(2)14(20)18-13-7-4-6-12(10-13)15(21)19-16-17-8-9-22-16/h4,6-11H,3,5H2,1-2H3,(H,18,20)(H,17,19,21). The van der Waals surface area contributed by atoms with E-state index in [1.54, 1.807) is 35.8 Å². The SMILES string of the molecule is CCCC(C)C(=O)Nc1cccc(C(=O)Nc2nccs2)c1. The van der Waals surface area contributed by atoms with Crippen LogP contribution in [0.1, 0.15) is 37.0 Å². The number of hydrogen-bond donors (Lipinski definition) is 2. The van der Waals surface area contributed by atoms with Crippen molar-refractivity contribution in [2.45, 2.75) is 26.7 Å². The number of rotatable bonds is 6.